The molecule has 0 saturated heterocycles. The predicted molar refractivity (Wildman–Crippen MR) is 106 cm³/mol. The third-order valence-electron chi connectivity index (χ3n) is 4.36. The van der Waals surface area contributed by atoms with Crippen LogP contribution in [0.25, 0.3) is 23.0 Å². The number of nitrogens with zero attached hydrogens (tertiary/aromatic N) is 3. The maximum atomic E-state index is 11.2. The zero-order valence-electron chi connectivity index (χ0n) is 15.6. The van der Waals surface area contributed by atoms with Crippen LogP contribution in [0.3, 0.4) is 0 Å². The number of hydroxylamine groups is 1. The van der Waals surface area contributed by atoms with Crippen LogP contribution in [0.2, 0.25) is 0 Å². The van der Waals surface area contributed by atoms with Gasteiger partial charge in [0.15, 0.2) is 0 Å². The maximum Gasteiger partial charge on any atom is 0.267 e. The molecule has 0 aliphatic carbocycles. The second-order valence-electron chi connectivity index (χ2n) is 6.51. The van der Waals surface area contributed by atoms with Crippen molar-refractivity contribution in [2.45, 2.75) is 19.9 Å². The number of fused-ring (bicyclic) bond motifs is 1. The highest BCUT2D eigenvalue weighted by atomic mass is 16.5. The minimum absolute atomic E-state index is 0.565. The van der Waals surface area contributed by atoms with Crippen molar-refractivity contribution in [3.05, 3.63) is 66.0 Å². The fraction of sp³-hybridized carbons (Fsp3) is 0.238. The molecule has 140 valence electrons. The molecule has 0 aliphatic heterocycles. The van der Waals surface area contributed by atoms with Gasteiger partial charge in [-0.15, -0.1) is 0 Å². The van der Waals surface area contributed by atoms with E-state index in [-0.39, 0.29) is 0 Å². The lowest BCUT2D eigenvalue weighted by molar-refractivity contribution is -0.124. The fourth-order valence-corrected chi connectivity index (χ4v) is 3.12. The molecule has 0 unspecified atom stereocenters. The number of hydrogen-bond acceptors (Lipinski definition) is 4. The van der Waals surface area contributed by atoms with Crippen molar-refractivity contribution < 1.29 is 10.0 Å². The molecule has 0 bridgehead atoms. The third-order valence-corrected chi connectivity index (χ3v) is 4.36. The molecular weight excluding hydrogens is 340 g/mol. The van der Waals surface area contributed by atoms with E-state index in [2.05, 4.69) is 35.4 Å². The molecule has 1 amide bonds. The molecule has 3 rings (SSSR count). The largest absolute Gasteiger partial charge is 0.302 e. The minimum atomic E-state index is -0.565. The summed E-state index contributed by atoms with van der Waals surface area (Å²) >= 11 is 0. The van der Waals surface area contributed by atoms with Gasteiger partial charge in [0.2, 0.25) is 0 Å². The number of aromatic nitrogens is 2. The van der Waals surface area contributed by atoms with Crippen molar-refractivity contribution >= 4 is 17.6 Å². The Balaban J connectivity index is 2.05. The molecule has 0 aliphatic rings. The lowest BCUT2D eigenvalue weighted by atomic mass is 10.1. The lowest BCUT2D eigenvalue weighted by Gasteiger charge is -2.16. The number of rotatable bonds is 7. The summed E-state index contributed by atoms with van der Waals surface area (Å²) in [5.41, 5.74) is 6.43. The van der Waals surface area contributed by atoms with E-state index in [0.29, 0.717) is 0 Å². The van der Waals surface area contributed by atoms with Gasteiger partial charge in [-0.3, -0.25) is 10.0 Å². The molecule has 6 heteroatoms. The van der Waals surface area contributed by atoms with Gasteiger partial charge in [0, 0.05) is 24.4 Å². The van der Waals surface area contributed by atoms with E-state index in [0.717, 1.165) is 47.7 Å². The zero-order valence-corrected chi connectivity index (χ0v) is 15.6. The molecule has 3 aromatic rings. The van der Waals surface area contributed by atoms with Crippen LogP contribution in [0.15, 0.2) is 54.7 Å². The molecule has 2 aromatic heterocycles. The molecule has 2 N–H and O–H groups in total. The summed E-state index contributed by atoms with van der Waals surface area (Å²) in [5, 5.41) is 8.61. The summed E-state index contributed by atoms with van der Waals surface area (Å²) in [5.74, 6) is -0.565. The van der Waals surface area contributed by atoms with Gasteiger partial charge in [0.1, 0.15) is 5.65 Å². The maximum absolute atomic E-state index is 11.2. The molecule has 0 atom stereocenters. The monoisotopic (exact) mass is 364 g/mol. The minimum Gasteiger partial charge on any atom is -0.302 e. The fourth-order valence-electron chi connectivity index (χ4n) is 3.12. The first-order valence-corrected chi connectivity index (χ1v) is 8.99. The summed E-state index contributed by atoms with van der Waals surface area (Å²) in [7, 11) is 2.11. The van der Waals surface area contributed by atoms with Gasteiger partial charge in [-0.05, 0) is 43.8 Å². The number of pyridine rings is 1. The number of carbonyl (C=O) groups excluding carboxylic acids is 1. The first kappa shape index (κ1) is 18.8. The normalized spacial score (nSPS) is 11.6. The van der Waals surface area contributed by atoms with E-state index in [1.807, 2.05) is 36.5 Å². The summed E-state index contributed by atoms with van der Waals surface area (Å²) in [4.78, 5) is 18.3. The molecule has 0 spiro atoms. The van der Waals surface area contributed by atoms with Gasteiger partial charge in [-0.1, -0.05) is 37.3 Å². The van der Waals surface area contributed by atoms with Crippen molar-refractivity contribution in [2.24, 2.45) is 0 Å². The van der Waals surface area contributed by atoms with Gasteiger partial charge < -0.3 is 9.30 Å². The highest BCUT2D eigenvalue weighted by Gasteiger charge is 2.15. The summed E-state index contributed by atoms with van der Waals surface area (Å²) in [6, 6.07) is 14.0. The first-order valence-electron chi connectivity index (χ1n) is 8.99. The predicted octanol–water partition coefficient (Wildman–Crippen LogP) is 3.36. The second kappa shape index (κ2) is 8.62. The van der Waals surface area contributed by atoms with Gasteiger partial charge >= 0.3 is 0 Å². The van der Waals surface area contributed by atoms with Crippen molar-refractivity contribution in [3.63, 3.8) is 0 Å². The Kier molecular flexibility index (Phi) is 6.01. The highest BCUT2D eigenvalue weighted by Crippen LogP contribution is 2.26. The smallest absolute Gasteiger partial charge is 0.267 e. The SMILES string of the molecule is CCCN(C)Cc1c(-c2ccccc2)nc2cc(/C=C/C(=O)NO)ccn12. The molecule has 6 nitrogen and oxygen atoms in total. The quantitative estimate of drug-likeness (QED) is 0.383. The van der Waals surface area contributed by atoms with Gasteiger partial charge in [-0.2, -0.15) is 0 Å². The van der Waals surface area contributed by atoms with Crippen LogP contribution in [0.4, 0.5) is 0 Å². The molecule has 0 fully saturated rings. The van der Waals surface area contributed by atoms with Crippen molar-refractivity contribution in [3.8, 4) is 11.3 Å². The van der Waals surface area contributed by atoms with Crippen molar-refractivity contribution in [2.75, 3.05) is 13.6 Å². The highest BCUT2D eigenvalue weighted by molar-refractivity contribution is 5.91. The number of hydrogen-bond donors (Lipinski definition) is 2. The Hall–Kier alpha value is -2.96. The number of amides is 1. The number of carbonyl (C=O) groups is 1. The van der Waals surface area contributed by atoms with Gasteiger partial charge in [0.05, 0.1) is 11.4 Å². The Morgan fingerprint density at radius 2 is 2.07 bits per heavy atom. The Bertz CT molecular complexity index is 947. The molecule has 0 radical (unpaired) electrons. The zero-order chi connectivity index (χ0) is 19.2. The number of benzene rings is 1. The van der Waals surface area contributed by atoms with Crippen LogP contribution in [0.5, 0.6) is 0 Å². The number of nitrogens with one attached hydrogen (secondary N) is 1. The molecule has 1 aromatic carbocycles. The van der Waals surface area contributed by atoms with Crippen LogP contribution in [-0.4, -0.2) is 39.0 Å². The van der Waals surface area contributed by atoms with E-state index in [1.54, 1.807) is 11.6 Å². The lowest BCUT2D eigenvalue weighted by Crippen LogP contribution is -2.20. The molecule has 27 heavy (non-hydrogen) atoms. The molecule has 2 heterocycles. The van der Waals surface area contributed by atoms with E-state index < -0.39 is 5.91 Å². The molecular formula is C21H24N4O2. The first-order chi connectivity index (χ1) is 13.1. The molecule has 0 saturated carbocycles. The van der Waals surface area contributed by atoms with E-state index in [9.17, 15) is 4.79 Å². The van der Waals surface area contributed by atoms with E-state index in [1.165, 1.54) is 6.08 Å². The summed E-state index contributed by atoms with van der Waals surface area (Å²) < 4.78 is 2.10. The Morgan fingerprint density at radius 1 is 1.30 bits per heavy atom. The van der Waals surface area contributed by atoms with Crippen molar-refractivity contribution in [1.29, 1.82) is 0 Å². The third kappa shape index (κ3) is 4.42. The van der Waals surface area contributed by atoms with Gasteiger partial charge in [0.25, 0.3) is 5.91 Å². The topological polar surface area (TPSA) is 69.9 Å². The summed E-state index contributed by atoms with van der Waals surface area (Å²) in [6.07, 6.45) is 5.99. The van der Waals surface area contributed by atoms with E-state index in [4.69, 9.17) is 10.2 Å². The Labute approximate surface area is 158 Å². The Morgan fingerprint density at radius 3 is 2.78 bits per heavy atom. The average Bonchev–Trinajstić information content (AvgIpc) is 3.04. The average molecular weight is 364 g/mol. The van der Waals surface area contributed by atoms with Crippen LogP contribution in [0.1, 0.15) is 24.6 Å². The van der Waals surface area contributed by atoms with Crippen LogP contribution in [0, 0.1) is 0 Å². The summed E-state index contributed by atoms with van der Waals surface area (Å²) in [6.45, 7) is 3.98. The van der Waals surface area contributed by atoms with Crippen LogP contribution < -0.4 is 5.48 Å². The second-order valence-corrected chi connectivity index (χ2v) is 6.51. The van der Waals surface area contributed by atoms with Crippen LogP contribution >= 0.6 is 0 Å². The van der Waals surface area contributed by atoms with Crippen molar-refractivity contribution in [1.82, 2.24) is 19.8 Å². The number of imidazole rings is 1. The van der Waals surface area contributed by atoms with E-state index >= 15 is 0 Å². The van der Waals surface area contributed by atoms with Gasteiger partial charge in [-0.25, -0.2) is 10.5 Å². The standard InChI is InChI=1S/C21H24N4O2/c1-3-12-24(2)15-18-21(17-7-5-4-6-8-17)22-19-14-16(11-13-25(18)19)9-10-20(26)23-27/h4-11,13-14,27H,3,12,15H2,1-2H3,(H,23,26)/b10-9+. The van der Waals surface area contributed by atoms with Crippen LogP contribution in [-0.2, 0) is 11.3 Å².